The molecule has 5 aromatic rings. The first-order chi connectivity index (χ1) is 24.8. The van der Waals surface area contributed by atoms with Gasteiger partial charge in [0.1, 0.15) is 5.54 Å². The van der Waals surface area contributed by atoms with Gasteiger partial charge in [0, 0.05) is 48.9 Å². The van der Waals surface area contributed by atoms with E-state index in [-0.39, 0.29) is 24.7 Å². The molecule has 0 saturated heterocycles. The minimum absolute atomic E-state index is 0.138. The highest BCUT2D eigenvalue weighted by Gasteiger charge is 2.40. The van der Waals surface area contributed by atoms with Crippen LogP contribution in [0.5, 0.6) is 0 Å². The number of carboxylic acid groups (broad SMARTS) is 1. The lowest BCUT2D eigenvalue weighted by Crippen LogP contribution is -2.50. The first-order valence-electron chi connectivity index (χ1n) is 17.7. The first-order valence-corrected chi connectivity index (χ1v) is 17.7. The SMILES string of the molecule is CCCCCCCNC(=O)N(C)c1cccc(-c2ccc(C[C@](Cc3ccccc3)(Nc3ccccc3C(=O)c3ccccc3)C(=O)O)cc2)c1. The van der Waals surface area contributed by atoms with E-state index in [1.54, 1.807) is 48.3 Å². The molecule has 0 aromatic heterocycles. The number of benzene rings is 5. The van der Waals surface area contributed by atoms with Gasteiger partial charge in [0.2, 0.25) is 0 Å². The van der Waals surface area contributed by atoms with Gasteiger partial charge < -0.3 is 15.7 Å². The number of rotatable bonds is 17. The summed E-state index contributed by atoms with van der Waals surface area (Å²) in [5.41, 5.74) is 4.27. The van der Waals surface area contributed by atoms with Gasteiger partial charge in [-0.3, -0.25) is 9.69 Å². The highest BCUT2D eigenvalue weighted by molar-refractivity contribution is 6.12. The Morgan fingerprint density at radius 3 is 1.98 bits per heavy atom. The van der Waals surface area contributed by atoms with Gasteiger partial charge in [0.25, 0.3) is 0 Å². The van der Waals surface area contributed by atoms with Crippen LogP contribution in [0.25, 0.3) is 11.1 Å². The average Bonchev–Trinajstić information content (AvgIpc) is 3.16. The normalized spacial score (nSPS) is 12.0. The molecule has 7 heteroatoms. The van der Waals surface area contributed by atoms with Gasteiger partial charge in [-0.05, 0) is 52.9 Å². The van der Waals surface area contributed by atoms with Crippen molar-refractivity contribution in [2.24, 2.45) is 0 Å². The van der Waals surface area contributed by atoms with E-state index in [4.69, 9.17) is 0 Å². The number of nitrogens with one attached hydrogen (secondary N) is 2. The summed E-state index contributed by atoms with van der Waals surface area (Å²) in [5, 5.41) is 17.3. The Kier molecular flexibility index (Phi) is 12.8. The number of carbonyl (C=O) groups is 3. The van der Waals surface area contributed by atoms with Crippen LogP contribution < -0.4 is 15.5 Å². The fraction of sp³-hybridized carbons (Fsp3) is 0.250. The molecule has 5 rings (SSSR count). The Labute approximate surface area is 301 Å². The van der Waals surface area contributed by atoms with Crippen LogP contribution >= 0.6 is 0 Å². The van der Waals surface area contributed by atoms with Crippen molar-refractivity contribution in [1.29, 1.82) is 0 Å². The van der Waals surface area contributed by atoms with Crippen molar-refractivity contribution < 1.29 is 19.5 Å². The van der Waals surface area contributed by atoms with E-state index >= 15 is 0 Å². The van der Waals surface area contributed by atoms with Crippen molar-refractivity contribution in [3.05, 3.63) is 156 Å². The molecule has 0 spiro atoms. The zero-order valence-corrected chi connectivity index (χ0v) is 29.5. The monoisotopic (exact) mass is 681 g/mol. The van der Waals surface area contributed by atoms with E-state index in [9.17, 15) is 19.5 Å². The first kappa shape index (κ1) is 36.6. The molecule has 0 aliphatic heterocycles. The van der Waals surface area contributed by atoms with Crippen LogP contribution in [0.1, 0.15) is 66.1 Å². The van der Waals surface area contributed by atoms with Crippen molar-refractivity contribution in [2.75, 3.05) is 23.8 Å². The van der Waals surface area contributed by atoms with Crippen molar-refractivity contribution in [3.63, 3.8) is 0 Å². The van der Waals surface area contributed by atoms with E-state index in [1.165, 1.54) is 19.3 Å². The van der Waals surface area contributed by atoms with E-state index < -0.39 is 11.5 Å². The Bertz CT molecular complexity index is 1890. The second-order valence-electron chi connectivity index (χ2n) is 13.0. The van der Waals surface area contributed by atoms with Crippen LogP contribution in [0.2, 0.25) is 0 Å². The number of unbranched alkanes of at least 4 members (excludes halogenated alkanes) is 4. The van der Waals surface area contributed by atoms with Gasteiger partial charge in [-0.1, -0.05) is 142 Å². The maximum Gasteiger partial charge on any atom is 0.330 e. The van der Waals surface area contributed by atoms with Crippen LogP contribution in [0.3, 0.4) is 0 Å². The third-order valence-electron chi connectivity index (χ3n) is 9.23. The summed E-state index contributed by atoms with van der Waals surface area (Å²) in [6.45, 7) is 2.84. The van der Waals surface area contributed by atoms with Crippen molar-refractivity contribution in [1.82, 2.24) is 5.32 Å². The third kappa shape index (κ3) is 9.73. The molecule has 262 valence electrons. The van der Waals surface area contributed by atoms with Gasteiger partial charge >= 0.3 is 12.0 Å². The molecule has 0 fully saturated rings. The van der Waals surface area contributed by atoms with Gasteiger partial charge in [-0.15, -0.1) is 0 Å². The Morgan fingerprint density at radius 1 is 0.667 bits per heavy atom. The maximum absolute atomic E-state index is 13.6. The summed E-state index contributed by atoms with van der Waals surface area (Å²) in [4.78, 5) is 41.4. The van der Waals surface area contributed by atoms with Crippen molar-refractivity contribution in [2.45, 2.75) is 57.4 Å². The summed E-state index contributed by atoms with van der Waals surface area (Å²) in [6.07, 6.45) is 6.03. The summed E-state index contributed by atoms with van der Waals surface area (Å²) >= 11 is 0. The molecule has 0 bridgehead atoms. The minimum atomic E-state index is -1.47. The number of hydrogen-bond donors (Lipinski definition) is 3. The smallest absolute Gasteiger partial charge is 0.330 e. The molecule has 5 aromatic carbocycles. The number of ketones is 1. The topological polar surface area (TPSA) is 98.7 Å². The molecule has 1 atom stereocenters. The number of anilines is 2. The molecular formula is C44H47N3O4. The van der Waals surface area contributed by atoms with E-state index in [1.807, 2.05) is 97.1 Å². The predicted molar refractivity (Wildman–Crippen MR) is 207 cm³/mol. The van der Waals surface area contributed by atoms with E-state index in [0.717, 1.165) is 40.8 Å². The van der Waals surface area contributed by atoms with Crippen molar-refractivity contribution in [3.8, 4) is 11.1 Å². The quantitative estimate of drug-likeness (QED) is 0.0671. The average molecular weight is 682 g/mol. The van der Waals surface area contributed by atoms with Crippen LogP contribution in [0.15, 0.2) is 133 Å². The summed E-state index contributed by atoms with van der Waals surface area (Å²) in [6, 6.07) is 41.1. The minimum Gasteiger partial charge on any atom is -0.479 e. The molecule has 0 aliphatic carbocycles. The fourth-order valence-corrected chi connectivity index (χ4v) is 6.31. The molecular weight excluding hydrogens is 635 g/mol. The third-order valence-corrected chi connectivity index (χ3v) is 9.23. The van der Waals surface area contributed by atoms with Gasteiger partial charge in [-0.2, -0.15) is 0 Å². The number of urea groups is 1. The van der Waals surface area contributed by atoms with Crippen molar-refractivity contribution >= 4 is 29.2 Å². The van der Waals surface area contributed by atoms with E-state index in [2.05, 4.69) is 17.6 Å². The largest absolute Gasteiger partial charge is 0.479 e. The molecule has 2 amide bonds. The lowest BCUT2D eigenvalue weighted by molar-refractivity contribution is -0.142. The molecule has 0 heterocycles. The van der Waals surface area contributed by atoms with Gasteiger partial charge in [0.15, 0.2) is 5.78 Å². The molecule has 7 nitrogen and oxygen atoms in total. The molecule has 0 aliphatic rings. The second kappa shape index (κ2) is 17.8. The number of amides is 2. The zero-order chi connectivity index (χ0) is 36.1. The number of para-hydroxylation sites is 1. The number of hydrogen-bond acceptors (Lipinski definition) is 4. The number of carbonyl (C=O) groups excluding carboxylic acids is 2. The fourth-order valence-electron chi connectivity index (χ4n) is 6.31. The van der Waals surface area contributed by atoms with Gasteiger partial charge in [0.05, 0.1) is 0 Å². The maximum atomic E-state index is 13.6. The van der Waals surface area contributed by atoms with E-state index in [0.29, 0.717) is 23.4 Å². The number of nitrogens with zero attached hydrogens (tertiary/aromatic N) is 1. The van der Waals surface area contributed by atoms with Gasteiger partial charge in [-0.25, -0.2) is 9.59 Å². The number of carboxylic acids is 1. The predicted octanol–water partition coefficient (Wildman–Crippen LogP) is 9.42. The Morgan fingerprint density at radius 2 is 1.29 bits per heavy atom. The highest BCUT2D eigenvalue weighted by Crippen LogP contribution is 2.30. The summed E-state index contributed by atoms with van der Waals surface area (Å²) in [7, 11) is 1.77. The Hall–Kier alpha value is -5.69. The number of aliphatic carboxylic acids is 1. The van der Waals surface area contributed by atoms with Crippen LogP contribution in [0.4, 0.5) is 16.2 Å². The molecule has 0 radical (unpaired) electrons. The molecule has 3 N–H and O–H groups in total. The molecule has 0 saturated carbocycles. The lowest BCUT2D eigenvalue weighted by atomic mass is 9.83. The summed E-state index contributed by atoms with van der Waals surface area (Å²) in [5.74, 6) is -1.21. The summed E-state index contributed by atoms with van der Waals surface area (Å²) < 4.78 is 0. The molecule has 0 unspecified atom stereocenters. The second-order valence-corrected chi connectivity index (χ2v) is 13.0. The van der Waals surface area contributed by atoms with Crippen LogP contribution in [-0.2, 0) is 17.6 Å². The lowest BCUT2D eigenvalue weighted by Gasteiger charge is -2.33. The highest BCUT2D eigenvalue weighted by atomic mass is 16.4. The van der Waals surface area contributed by atoms with Crippen LogP contribution in [0, 0.1) is 0 Å². The zero-order valence-electron chi connectivity index (χ0n) is 29.5. The standard InChI is InChI=1S/C44H47N3O4/c1-3-4-5-6-15-29-45-43(51)47(2)38-22-16-21-37(30-38)35-27-25-34(26-28-35)32-44(42(49)50,31-33-17-9-7-10-18-33)46-40-24-14-13-23-39(40)41(48)36-19-11-8-12-20-36/h7-14,16-28,30,46H,3-6,15,29,31-32H2,1-2H3,(H,45,51)(H,49,50)/t44-/m0/s1. The molecule has 51 heavy (non-hydrogen) atoms. The Balaban J connectivity index is 1.38. The van der Waals surface area contributed by atoms with Crippen LogP contribution in [-0.4, -0.2) is 42.0 Å².